The Hall–Kier alpha value is -2.04. The standard InChI is InChI=1S/C15H18N2O3/c18-14(6-5-13-2-1-11-20-13)16-7-9-17(10-8-16)15(19)12-3-4-12/h1-2,5-6,11-12H,3-4,7-10H2/b6-5+. The Bertz CT molecular complexity index is 509. The van der Waals surface area contributed by atoms with Crippen molar-refractivity contribution >= 4 is 17.9 Å². The van der Waals surface area contributed by atoms with Crippen molar-refractivity contribution in [2.45, 2.75) is 12.8 Å². The molecule has 1 aromatic heterocycles. The van der Waals surface area contributed by atoms with Gasteiger partial charge in [-0.15, -0.1) is 0 Å². The molecule has 1 aliphatic carbocycles. The highest BCUT2D eigenvalue weighted by Crippen LogP contribution is 2.31. The molecule has 0 radical (unpaired) electrons. The molecular formula is C15H18N2O3. The average molecular weight is 274 g/mol. The zero-order valence-corrected chi connectivity index (χ0v) is 11.3. The van der Waals surface area contributed by atoms with Crippen LogP contribution in [-0.4, -0.2) is 47.8 Å². The van der Waals surface area contributed by atoms with Crippen molar-refractivity contribution in [3.8, 4) is 0 Å². The molecule has 0 unspecified atom stereocenters. The Balaban J connectivity index is 1.50. The van der Waals surface area contributed by atoms with Crippen molar-refractivity contribution < 1.29 is 14.0 Å². The summed E-state index contributed by atoms with van der Waals surface area (Å²) >= 11 is 0. The molecule has 5 heteroatoms. The SMILES string of the molecule is O=C(/C=C/c1ccco1)N1CCN(C(=O)C2CC2)CC1. The van der Waals surface area contributed by atoms with Crippen LogP contribution in [0.5, 0.6) is 0 Å². The van der Waals surface area contributed by atoms with E-state index in [1.807, 2.05) is 4.90 Å². The molecule has 0 atom stereocenters. The minimum atomic E-state index is -0.0279. The molecule has 2 fully saturated rings. The number of piperazine rings is 1. The predicted octanol–water partition coefficient (Wildman–Crippen LogP) is 1.37. The maximum Gasteiger partial charge on any atom is 0.246 e. The third-order valence-electron chi connectivity index (χ3n) is 3.76. The van der Waals surface area contributed by atoms with Gasteiger partial charge in [-0.2, -0.15) is 0 Å². The molecule has 2 amide bonds. The second kappa shape index (κ2) is 5.53. The average Bonchev–Trinajstić information content (AvgIpc) is 3.21. The molecule has 1 saturated carbocycles. The highest BCUT2D eigenvalue weighted by Gasteiger charge is 2.34. The quantitative estimate of drug-likeness (QED) is 0.782. The van der Waals surface area contributed by atoms with Crippen LogP contribution < -0.4 is 0 Å². The summed E-state index contributed by atoms with van der Waals surface area (Å²) in [5, 5.41) is 0. The molecule has 0 aromatic carbocycles. The smallest absolute Gasteiger partial charge is 0.246 e. The predicted molar refractivity (Wildman–Crippen MR) is 73.6 cm³/mol. The van der Waals surface area contributed by atoms with Gasteiger partial charge in [0.2, 0.25) is 11.8 Å². The minimum Gasteiger partial charge on any atom is -0.465 e. The van der Waals surface area contributed by atoms with Crippen LogP contribution in [0.15, 0.2) is 28.9 Å². The van der Waals surface area contributed by atoms with E-state index >= 15 is 0 Å². The molecule has 1 aliphatic heterocycles. The number of amides is 2. The van der Waals surface area contributed by atoms with E-state index < -0.39 is 0 Å². The van der Waals surface area contributed by atoms with E-state index in [0.29, 0.717) is 31.9 Å². The first-order valence-electron chi connectivity index (χ1n) is 7.03. The second-order valence-corrected chi connectivity index (χ2v) is 5.27. The largest absolute Gasteiger partial charge is 0.465 e. The Morgan fingerprint density at radius 3 is 2.45 bits per heavy atom. The number of furan rings is 1. The maximum absolute atomic E-state index is 12.0. The molecule has 0 N–H and O–H groups in total. The highest BCUT2D eigenvalue weighted by molar-refractivity contribution is 5.91. The van der Waals surface area contributed by atoms with E-state index in [4.69, 9.17) is 4.42 Å². The normalized spacial score (nSPS) is 19.6. The summed E-state index contributed by atoms with van der Waals surface area (Å²) < 4.78 is 5.14. The van der Waals surface area contributed by atoms with Crippen molar-refractivity contribution in [3.63, 3.8) is 0 Å². The lowest BCUT2D eigenvalue weighted by molar-refractivity contribution is -0.138. The lowest BCUT2D eigenvalue weighted by atomic mass is 10.2. The van der Waals surface area contributed by atoms with Crippen molar-refractivity contribution in [3.05, 3.63) is 30.2 Å². The van der Waals surface area contributed by atoms with Crippen LogP contribution >= 0.6 is 0 Å². The lowest BCUT2D eigenvalue weighted by Gasteiger charge is -2.34. The number of carbonyl (C=O) groups excluding carboxylic acids is 2. The third kappa shape index (κ3) is 2.92. The maximum atomic E-state index is 12.0. The van der Waals surface area contributed by atoms with Crippen LogP contribution in [0.3, 0.4) is 0 Å². The molecule has 0 bridgehead atoms. The van der Waals surface area contributed by atoms with Gasteiger partial charge >= 0.3 is 0 Å². The van der Waals surface area contributed by atoms with Gasteiger partial charge in [-0.1, -0.05) is 0 Å². The Kier molecular flexibility index (Phi) is 3.58. The van der Waals surface area contributed by atoms with Crippen LogP contribution in [0.1, 0.15) is 18.6 Å². The molecule has 3 rings (SSSR count). The fourth-order valence-corrected chi connectivity index (χ4v) is 2.38. The Labute approximate surface area is 117 Å². The number of rotatable bonds is 3. The third-order valence-corrected chi connectivity index (χ3v) is 3.76. The van der Waals surface area contributed by atoms with Crippen LogP contribution in [0.25, 0.3) is 6.08 Å². The van der Waals surface area contributed by atoms with Crippen molar-refractivity contribution in [1.82, 2.24) is 9.80 Å². The van der Waals surface area contributed by atoms with Gasteiger partial charge in [0.15, 0.2) is 0 Å². The van der Waals surface area contributed by atoms with Gasteiger partial charge in [-0.05, 0) is 31.1 Å². The van der Waals surface area contributed by atoms with Crippen molar-refractivity contribution in [2.24, 2.45) is 5.92 Å². The summed E-state index contributed by atoms with van der Waals surface area (Å²) in [4.78, 5) is 27.6. The molecule has 1 saturated heterocycles. The zero-order chi connectivity index (χ0) is 13.9. The van der Waals surface area contributed by atoms with Gasteiger partial charge in [0.25, 0.3) is 0 Å². The zero-order valence-electron chi connectivity index (χ0n) is 11.3. The minimum absolute atomic E-state index is 0.0279. The van der Waals surface area contributed by atoms with Gasteiger partial charge in [0, 0.05) is 38.2 Å². The first kappa shape index (κ1) is 13.0. The van der Waals surface area contributed by atoms with Crippen LogP contribution in [0, 0.1) is 5.92 Å². The van der Waals surface area contributed by atoms with Crippen molar-refractivity contribution in [2.75, 3.05) is 26.2 Å². The van der Waals surface area contributed by atoms with Gasteiger partial charge in [-0.25, -0.2) is 0 Å². The van der Waals surface area contributed by atoms with E-state index in [9.17, 15) is 9.59 Å². The first-order valence-corrected chi connectivity index (χ1v) is 7.03. The number of nitrogens with zero attached hydrogens (tertiary/aromatic N) is 2. The van der Waals surface area contributed by atoms with E-state index in [1.54, 1.807) is 29.4 Å². The van der Waals surface area contributed by atoms with Crippen LogP contribution in [0.4, 0.5) is 0 Å². The summed E-state index contributed by atoms with van der Waals surface area (Å²) in [6.07, 6.45) is 6.83. The van der Waals surface area contributed by atoms with Crippen molar-refractivity contribution in [1.29, 1.82) is 0 Å². The van der Waals surface area contributed by atoms with Gasteiger partial charge in [0.05, 0.1) is 6.26 Å². The van der Waals surface area contributed by atoms with Gasteiger partial charge < -0.3 is 14.2 Å². The first-order chi connectivity index (χ1) is 9.74. The van der Waals surface area contributed by atoms with E-state index in [2.05, 4.69) is 0 Å². The number of hydrogen-bond acceptors (Lipinski definition) is 3. The molecule has 0 spiro atoms. The van der Waals surface area contributed by atoms with Crippen LogP contribution in [-0.2, 0) is 9.59 Å². The Morgan fingerprint density at radius 1 is 1.15 bits per heavy atom. The fourth-order valence-electron chi connectivity index (χ4n) is 2.38. The lowest BCUT2D eigenvalue weighted by Crippen LogP contribution is -2.50. The van der Waals surface area contributed by atoms with Crippen LogP contribution in [0.2, 0.25) is 0 Å². The summed E-state index contributed by atoms with van der Waals surface area (Å²) in [5.41, 5.74) is 0. The fraction of sp³-hybridized carbons (Fsp3) is 0.467. The number of hydrogen-bond donors (Lipinski definition) is 0. The highest BCUT2D eigenvalue weighted by atomic mass is 16.3. The molecule has 5 nitrogen and oxygen atoms in total. The topological polar surface area (TPSA) is 53.8 Å². The second-order valence-electron chi connectivity index (χ2n) is 5.27. The molecule has 2 aliphatic rings. The molecule has 2 heterocycles. The summed E-state index contributed by atoms with van der Waals surface area (Å²) in [6.45, 7) is 2.52. The molecular weight excluding hydrogens is 256 g/mol. The summed E-state index contributed by atoms with van der Waals surface area (Å²) in [7, 11) is 0. The monoisotopic (exact) mass is 274 g/mol. The van der Waals surface area contributed by atoms with E-state index in [1.165, 1.54) is 6.08 Å². The molecule has 106 valence electrons. The van der Waals surface area contributed by atoms with E-state index in [-0.39, 0.29) is 17.7 Å². The van der Waals surface area contributed by atoms with E-state index in [0.717, 1.165) is 12.8 Å². The van der Waals surface area contributed by atoms with Gasteiger partial charge in [0.1, 0.15) is 5.76 Å². The Morgan fingerprint density at radius 2 is 1.85 bits per heavy atom. The number of carbonyl (C=O) groups is 2. The summed E-state index contributed by atoms with van der Waals surface area (Å²) in [6, 6.07) is 3.59. The summed E-state index contributed by atoms with van der Waals surface area (Å²) in [5.74, 6) is 1.17. The van der Waals surface area contributed by atoms with Gasteiger partial charge in [-0.3, -0.25) is 9.59 Å². The molecule has 20 heavy (non-hydrogen) atoms. The molecule has 1 aromatic rings.